The molecule has 132 valence electrons. The van der Waals surface area contributed by atoms with Gasteiger partial charge in [-0.05, 0) is 41.7 Å². The van der Waals surface area contributed by atoms with Crippen LogP contribution in [-0.2, 0) is 12.0 Å². The van der Waals surface area contributed by atoms with Crippen LogP contribution in [0.1, 0.15) is 43.2 Å². The highest BCUT2D eigenvalue weighted by molar-refractivity contribution is 5.58. The van der Waals surface area contributed by atoms with Crippen LogP contribution in [0.3, 0.4) is 0 Å². The van der Waals surface area contributed by atoms with Crippen molar-refractivity contribution < 1.29 is 4.74 Å². The standard InChI is InChI=1S/C22H23N3O/c1-15-10-21(19(22(2,3)4)11-17(15)13-23)26-14-18-12-20(25-24-18)16-8-6-5-7-9-16/h5-12H,14H2,1-4H3,(H,24,25). The van der Waals surface area contributed by atoms with Gasteiger partial charge in [0, 0.05) is 5.56 Å². The number of hydrogen-bond donors (Lipinski definition) is 1. The van der Waals surface area contributed by atoms with E-state index in [1.807, 2.05) is 55.5 Å². The lowest BCUT2D eigenvalue weighted by Crippen LogP contribution is -2.14. The van der Waals surface area contributed by atoms with Crippen LogP contribution in [0.25, 0.3) is 11.3 Å². The van der Waals surface area contributed by atoms with Crippen molar-refractivity contribution in [2.45, 2.75) is 39.7 Å². The Kier molecular flexibility index (Phi) is 4.81. The zero-order valence-electron chi connectivity index (χ0n) is 15.6. The van der Waals surface area contributed by atoms with E-state index < -0.39 is 0 Å². The average Bonchev–Trinajstić information content (AvgIpc) is 3.09. The number of nitrogens with one attached hydrogen (secondary N) is 1. The smallest absolute Gasteiger partial charge is 0.132 e. The van der Waals surface area contributed by atoms with Gasteiger partial charge in [-0.15, -0.1) is 0 Å². The summed E-state index contributed by atoms with van der Waals surface area (Å²) in [4.78, 5) is 0. The van der Waals surface area contributed by atoms with Gasteiger partial charge in [0.15, 0.2) is 0 Å². The molecule has 1 N–H and O–H groups in total. The molecule has 2 aromatic carbocycles. The second kappa shape index (κ2) is 7.05. The predicted molar refractivity (Wildman–Crippen MR) is 103 cm³/mol. The molecule has 0 fully saturated rings. The highest BCUT2D eigenvalue weighted by Gasteiger charge is 2.21. The molecule has 0 atom stereocenters. The van der Waals surface area contributed by atoms with Gasteiger partial charge < -0.3 is 4.74 Å². The first-order valence-corrected chi connectivity index (χ1v) is 8.66. The van der Waals surface area contributed by atoms with Crippen molar-refractivity contribution in [1.29, 1.82) is 5.26 Å². The van der Waals surface area contributed by atoms with Crippen LogP contribution in [0.2, 0.25) is 0 Å². The number of ether oxygens (including phenoxy) is 1. The third-order valence-electron chi connectivity index (χ3n) is 4.35. The van der Waals surface area contributed by atoms with Gasteiger partial charge in [-0.25, -0.2) is 0 Å². The van der Waals surface area contributed by atoms with E-state index >= 15 is 0 Å². The van der Waals surface area contributed by atoms with E-state index in [1.54, 1.807) is 0 Å². The fourth-order valence-electron chi connectivity index (χ4n) is 2.86. The Labute approximate surface area is 154 Å². The third kappa shape index (κ3) is 3.78. The molecular formula is C22H23N3O. The summed E-state index contributed by atoms with van der Waals surface area (Å²) < 4.78 is 6.09. The maximum absolute atomic E-state index is 9.31. The van der Waals surface area contributed by atoms with Gasteiger partial charge in [-0.1, -0.05) is 51.1 Å². The molecule has 0 aliphatic heterocycles. The van der Waals surface area contributed by atoms with Crippen LogP contribution in [0.15, 0.2) is 48.5 Å². The number of hydrogen-bond acceptors (Lipinski definition) is 3. The van der Waals surface area contributed by atoms with Crippen LogP contribution in [0.5, 0.6) is 5.75 Å². The largest absolute Gasteiger partial charge is 0.487 e. The van der Waals surface area contributed by atoms with E-state index in [0.29, 0.717) is 12.2 Å². The van der Waals surface area contributed by atoms with E-state index in [-0.39, 0.29) is 5.41 Å². The second-order valence-electron chi connectivity index (χ2n) is 7.45. The molecule has 4 heteroatoms. The summed E-state index contributed by atoms with van der Waals surface area (Å²) in [5.41, 5.74) is 5.42. The topological polar surface area (TPSA) is 61.7 Å². The summed E-state index contributed by atoms with van der Waals surface area (Å²) in [5, 5.41) is 16.7. The van der Waals surface area contributed by atoms with Gasteiger partial charge >= 0.3 is 0 Å². The van der Waals surface area contributed by atoms with Crippen LogP contribution in [0, 0.1) is 18.3 Å². The fourth-order valence-corrected chi connectivity index (χ4v) is 2.86. The molecule has 1 aromatic heterocycles. The number of aryl methyl sites for hydroxylation is 1. The van der Waals surface area contributed by atoms with E-state index in [4.69, 9.17) is 4.74 Å². The quantitative estimate of drug-likeness (QED) is 0.713. The number of nitrogens with zero attached hydrogens (tertiary/aromatic N) is 2. The molecule has 0 bridgehead atoms. The Morgan fingerprint density at radius 2 is 1.85 bits per heavy atom. The van der Waals surface area contributed by atoms with Gasteiger partial charge in [-0.3, -0.25) is 5.10 Å². The number of rotatable bonds is 4. The van der Waals surface area contributed by atoms with Crippen molar-refractivity contribution >= 4 is 0 Å². The number of aromatic amines is 1. The molecule has 0 aliphatic rings. The minimum absolute atomic E-state index is 0.116. The summed E-state index contributed by atoms with van der Waals surface area (Å²) in [6, 6.07) is 18.2. The van der Waals surface area contributed by atoms with Crippen molar-refractivity contribution in [1.82, 2.24) is 10.2 Å². The van der Waals surface area contributed by atoms with E-state index in [0.717, 1.165) is 33.8 Å². The molecule has 0 radical (unpaired) electrons. The predicted octanol–water partition coefficient (Wildman–Crippen LogP) is 5.13. The van der Waals surface area contributed by atoms with Gasteiger partial charge in [-0.2, -0.15) is 10.4 Å². The Bertz CT molecular complexity index is 944. The zero-order chi connectivity index (χ0) is 18.7. The maximum Gasteiger partial charge on any atom is 0.132 e. The summed E-state index contributed by atoms with van der Waals surface area (Å²) in [5.74, 6) is 0.804. The molecule has 3 aromatic rings. The first-order chi connectivity index (χ1) is 12.4. The highest BCUT2D eigenvalue weighted by Crippen LogP contribution is 2.34. The molecule has 0 unspecified atom stereocenters. The Balaban J connectivity index is 1.83. The second-order valence-corrected chi connectivity index (χ2v) is 7.45. The summed E-state index contributed by atoms with van der Waals surface area (Å²) >= 11 is 0. The molecule has 0 spiro atoms. The first-order valence-electron chi connectivity index (χ1n) is 8.66. The fraction of sp³-hybridized carbons (Fsp3) is 0.273. The molecular weight excluding hydrogens is 322 g/mol. The van der Waals surface area contributed by atoms with Crippen LogP contribution in [0.4, 0.5) is 0 Å². The van der Waals surface area contributed by atoms with E-state index in [1.165, 1.54) is 0 Å². The monoisotopic (exact) mass is 345 g/mol. The van der Waals surface area contributed by atoms with Crippen molar-refractivity contribution in [3.05, 3.63) is 70.9 Å². The van der Waals surface area contributed by atoms with Gasteiger partial charge in [0.25, 0.3) is 0 Å². The van der Waals surface area contributed by atoms with Crippen molar-refractivity contribution in [3.8, 4) is 23.1 Å². The van der Waals surface area contributed by atoms with Gasteiger partial charge in [0.1, 0.15) is 18.1 Å². The van der Waals surface area contributed by atoms with Gasteiger partial charge in [0.05, 0.1) is 17.3 Å². The lowest BCUT2D eigenvalue weighted by molar-refractivity contribution is 0.292. The molecule has 0 amide bonds. The minimum atomic E-state index is -0.116. The van der Waals surface area contributed by atoms with Crippen molar-refractivity contribution in [2.75, 3.05) is 0 Å². The summed E-state index contributed by atoms with van der Waals surface area (Å²) in [6.45, 7) is 8.66. The normalized spacial score (nSPS) is 11.2. The van der Waals surface area contributed by atoms with Crippen LogP contribution < -0.4 is 4.74 Å². The maximum atomic E-state index is 9.31. The van der Waals surface area contributed by atoms with E-state index in [2.05, 4.69) is 37.0 Å². The lowest BCUT2D eigenvalue weighted by atomic mass is 9.84. The Hall–Kier alpha value is -3.06. The molecule has 3 rings (SSSR count). The SMILES string of the molecule is Cc1cc(OCc2cc(-c3ccccc3)[nH]n2)c(C(C)(C)C)cc1C#N. The summed E-state index contributed by atoms with van der Waals surface area (Å²) in [6.07, 6.45) is 0. The third-order valence-corrected chi connectivity index (χ3v) is 4.35. The first kappa shape index (κ1) is 17.8. The Morgan fingerprint density at radius 1 is 1.12 bits per heavy atom. The average molecular weight is 345 g/mol. The number of benzene rings is 2. The van der Waals surface area contributed by atoms with Crippen LogP contribution in [-0.4, -0.2) is 10.2 Å². The Morgan fingerprint density at radius 3 is 2.50 bits per heavy atom. The highest BCUT2D eigenvalue weighted by atomic mass is 16.5. The van der Waals surface area contributed by atoms with E-state index in [9.17, 15) is 5.26 Å². The molecule has 1 heterocycles. The number of H-pyrrole nitrogens is 1. The summed E-state index contributed by atoms with van der Waals surface area (Å²) in [7, 11) is 0. The molecule has 0 saturated heterocycles. The zero-order valence-corrected chi connectivity index (χ0v) is 15.6. The van der Waals surface area contributed by atoms with Crippen molar-refractivity contribution in [3.63, 3.8) is 0 Å². The van der Waals surface area contributed by atoms with Gasteiger partial charge in [0.2, 0.25) is 0 Å². The lowest BCUT2D eigenvalue weighted by Gasteiger charge is -2.23. The van der Waals surface area contributed by atoms with Crippen LogP contribution >= 0.6 is 0 Å². The van der Waals surface area contributed by atoms with Crippen molar-refractivity contribution in [2.24, 2.45) is 0 Å². The molecule has 0 saturated carbocycles. The number of nitriles is 1. The number of aromatic nitrogens is 2. The molecule has 4 nitrogen and oxygen atoms in total. The molecule has 0 aliphatic carbocycles. The minimum Gasteiger partial charge on any atom is -0.487 e. The molecule has 26 heavy (non-hydrogen) atoms.